The van der Waals surface area contributed by atoms with E-state index in [0.717, 1.165) is 48.3 Å². The highest BCUT2D eigenvalue weighted by Gasteiger charge is 2.55. The van der Waals surface area contributed by atoms with Crippen LogP contribution < -0.4 is 4.74 Å². The normalized spacial score (nSPS) is 19.1. The summed E-state index contributed by atoms with van der Waals surface area (Å²) in [5, 5.41) is 4.68. The summed E-state index contributed by atoms with van der Waals surface area (Å²) in [6.07, 6.45) is 3.97. The van der Waals surface area contributed by atoms with Crippen LogP contribution in [0.15, 0.2) is 42.5 Å². The minimum atomic E-state index is -0.391. The monoisotopic (exact) mass is 463 g/mol. The largest absolute Gasteiger partial charge is 0.489 e. The average molecular weight is 464 g/mol. The summed E-state index contributed by atoms with van der Waals surface area (Å²) >= 11 is 0. The molecule has 3 aliphatic rings. The van der Waals surface area contributed by atoms with E-state index in [1.54, 1.807) is 6.07 Å². The molecule has 176 valence electrons. The standard InChI is InChI=1S/C27H27F2N3O2/c1-16-9-19(28)4-8-23(16)32-24(10-17(2)30-32)18-12-27(13-18)14-31(15-27)26(33)22-7-3-20(29)11-25(22)34-21-5-6-21/h3-4,7-11,18,21H,5-6,12-15H2,1-2H3. The Morgan fingerprint density at radius 1 is 1.03 bits per heavy atom. The zero-order valence-corrected chi connectivity index (χ0v) is 19.4. The van der Waals surface area contributed by atoms with Crippen molar-refractivity contribution in [1.82, 2.24) is 14.7 Å². The zero-order valence-electron chi connectivity index (χ0n) is 19.4. The maximum atomic E-state index is 13.7. The Kier molecular flexibility index (Phi) is 4.80. The Bertz CT molecular complexity index is 1280. The minimum absolute atomic E-state index is 0.0902. The molecule has 2 saturated carbocycles. The topological polar surface area (TPSA) is 47.4 Å². The Morgan fingerprint density at radius 3 is 2.44 bits per heavy atom. The number of likely N-dealkylation sites (tertiary alicyclic amines) is 1. The molecule has 0 atom stereocenters. The lowest BCUT2D eigenvalue weighted by molar-refractivity contribution is -0.0566. The second kappa shape index (κ2) is 7.65. The number of carbonyl (C=O) groups is 1. The first-order chi connectivity index (χ1) is 16.3. The summed E-state index contributed by atoms with van der Waals surface area (Å²) in [5.41, 5.74) is 4.39. The van der Waals surface area contributed by atoms with Gasteiger partial charge < -0.3 is 9.64 Å². The predicted molar refractivity (Wildman–Crippen MR) is 123 cm³/mol. The highest BCUT2D eigenvalue weighted by Crippen LogP contribution is 2.56. The van der Waals surface area contributed by atoms with Crippen molar-refractivity contribution in [3.8, 4) is 11.4 Å². The molecule has 1 aromatic heterocycles. The van der Waals surface area contributed by atoms with Gasteiger partial charge in [-0.15, -0.1) is 0 Å². The molecule has 2 aromatic carbocycles. The van der Waals surface area contributed by atoms with Crippen LogP contribution in [0.2, 0.25) is 0 Å². The third kappa shape index (κ3) is 3.67. The molecule has 1 spiro atoms. The van der Waals surface area contributed by atoms with Crippen LogP contribution in [0.5, 0.6) is 5.75 Å². The van der Waals surface area contributed by atoms with Crippen LogP contribution >= 0.6 is 0 Å². The van der Waals surface area contributed by atoms with Crippen LogP contribution in [-0.2, 0) is 0 Å². The molecule has 1 aliphatic heterocycles. The molecule has 0 radical (unpaired) electrons. The molecule has 5 nitrogen and oxygen atoms in total. The van der Waals surface area contributed by atoms with Crippen LogP contribution in [0.3, 0.4) is 0 Å². The van der Waals surface area contributed by atoms with Gasteiger partial charge in [0, 0.05) is 36.2 Å². The molecule has 2 heterocycles. The van der Waals surface area contributed by atoms with E-state index >= 15 is 0 Å². The van der Waals surface area contributed by atoms with E-state index in [4.69, 9.17) is 4.74 Å². The molecule has 0 unspecified atom stereocenters. The second-order valence-electron chi connectivity index (χ2n) is 10.3. The molecule has 6 rings (SSSR count). The molecule has 1 saturated heterocycles. The number of amides is 1. The number of carbonyl (C=O) groups excluding carboxylic acids is 1. The summed E-state index contributed by atoms with van der Waals surface area (Å²) in [4.78, 5) is 15.0. The van der Waals surface area contributed by atoms with Crippen molar-refractivity contribution in [2.24, 2.45) is 5.41 Å². The van der Waals surface area contributed by atoms with Gasteiger partial charge in [0.15, 0.2) is 0 Å². The number of halogens is 2. The summed E-state index contributed by atoms with van der Waals surface area (Å²) in [5.74, 6) is -0.0261. The van der Waals surface area contributed by atoms with Crippen molar-refractivity contribution < 1.29 is 18.3 Å². The van der Waals surface area contributed by atoms with E-state index < -0.39 is 5.82 Å². The van der Waals surface area contributed by atoms with Crippen LogP contribution in [-0.4, -0.2) is 39.8 Å². The summed E-state index contributed by atoms with van der Waals surface area (Å²) < 4.78 is 35.1. The maximum Gasteiger partial charge on any atom is 0.257 e. The van der Waals surface area contributed by atoms with Crippen LogP contribution in [0.4, 0.5) is 8.78 Å². The van der Waals surface area contributed by atoms with Crippen molar-refractivity contribution in [2.75, 3.05) is 13.1 Å². The Balaban J connectivity index is 1.15. The number of aryl methyl sites for hydroxylation is 2. The smallest absolute Gasteiger partial charge is 0.257 e. The Labute approximate surface area is 197 Å². The number of benzene rings is 2. The van der Waals surface area contributed by atoms with E-state index in [9.17, 15) is 13.6 Å². The van der Waals surface area contributed by atoms with Gasteiger partial charge in [0.05, 0.1) is 23.0 Å². The van der Waals surface area contributed by atoms with Crippen LogP contribution in [0, 0.1) is 30.9 Å². The fourth-order valence-corrected chi connectivity index (χ4v) is 5.53. The van der Waals surface area contributed by atoms with Crippen LogP contribution in [0.1, 0.15) is 58.9 Å². The molecule has 2 aliphatic carbocycles. The van der Waals surface area contributed by atoms with E-state index in [1.165, 1.54) is 30.3 Å². The van der Waals surface area contributed by atoms with Gasteiger partial charge in [-0.3, -0.25) is 4.79 Å². The number of rotatable bonds is 5. The van der Waals surface area contributed by atoms with Gasteiger partial charge in [0.2, 0.25) is 0 Å². The lowest BCUT2D eigenvalue weighted by atomic mass is 9.57. The molecule has 3 fully saturated rings. The van der Waals surface area contributed by atoms with Crippen molar-refractivity contribution in [3.63, 3.8) is 0 Å². The average Bonchev–Trinajstić information content (AvgIpc) is 3.46. The lowest BCUT2D eigenvalue weighted by Gasteiger charge is -2.59. The van der Waals surface area contributed by atoms with Gasteiger partial charge in [-0.1, -0.05) is 0 Å². The minimum Gasteiger partial charge on any atom is -0.489 e. The van der Waals surface area contributed by atoms with E-state index in [0.29, 0.717) is 30.3 Å². The first kappa shape index (κ1) is 21.3. The molecule has 34 heavy (non-hydrogen) atoms. The molecule has 0 bridgehead atoms. The van der Waals surface area contributed by atoms with Crippen molar-refractivity contribution in [2.45, 2.75) is 51.6 Å². The Morgan fingerprint density at radius 2 is 1.74 bits per heavy atom. The van der Waals surface area contributed by atoms with E-state index in [-0.39, 0.29) is 23.2 Å². The molecule has 7 heteroatoms. The maximum absolute atomic E-state index is 13.7. The fourth-order valence-electron chi connectivity index (χ4n) is 5.53. The predicted octanol–water partition coefficient (Wildman–Crippen LogP) is 5.33. The highest BCUT2D eigenvalue weighted by atomic mass is 19.1. The SMILES string of the molecule is Cc1cc(C2CC3(C2)CN(C(=O)c2ccc(F)cc2OC2CC2)C3)n(-c2ccc(F)cc2C)n1. The van der Waals surface area contributed by atoms with Gasteiger partial charge >= 0.3 is 0 Å². The zero-order chi connectivity index (χ0) is 23.6. The molecular formula is C27H27F2N3O2. The fraction of sp³-hybridized carbons (Fsp3) is 0.407. The first-order valence-electron chi connectivity index (χ1n) is 11.9. The van der Waals surface area contributed by atoms with Gasteiger partial charge in [0.1, 0.15) is 17.4 Å². The van der Waals surface area contributed by atoms with Crippen LogP contribution in [0.25, 0.3) is 5.69 Å². The van der Waals surface area contributed by atoms with E-state index in [1.807, 2.05) is 23.4 Å². The Hall–Kier alpha value is -3.22. The lowest BCUT2D eigenvalue weighted by Crippen LogP contribution is -2.63. The van der Waals surface area contributed by atoms with Crippen molar-refractivity contribution >= 4 is 5.91 Å². The molecule has 0 N–H and O–H groups in total. The third-order valence-corrected chi connectivity index (χ3v) is 7.36. The highest BCUT2D eigenvalue weighted by molar-refractivity contribution is 5.97. The van der Waals surface area contributed by atoms with E-state index in [2.05, 4.69) is 11.2 Å². The number of nitrogens with zero attached hydrogens (tertiary/aromatic N) is 3. The number of aromatic nitrogens is 2. The molecular weight excluding hydrogens is 436 g/mol. The quantitative estimate of drug-likeness (QED) is 0.514. The summed E-state index contributed by atoms with van der Waals surface area (Å²) in [7, 11) is 0. The van der Waals surface area contributed by atoms with Gasteiger partial charge in [-0.2, -0.15) is 5.10 Å². The first-order valence-corrected chi connectivity index (χ1v) is 11.9. The van der Waals surface area contributed by atoms with Crippen molar-refractivity contribution in [3.05, 3.63) is 76.6 Å². The summed E-state index contributed by atoms with van der Waals surface area (Å²) in [6, 6.07) is 11.1. The van der Waals surface area contributed by atoms with Gasteiger partial charge in [-0.05, 0) is 81.5 Å². The molecule has 1 amide bonds. The molecule has 3 aromatic rings. The summed E-state index contributed by atoms with van der Waals surface area (Å²) in [6.45, 7) is 5.27. The third-order valence-electron chi connectivity index (χ3n) is 7.36. The number of ether oxygens (including phenoxy) is 1. The van der Waals surface area contributed by atoms with Gasteiger partial charge in [0.25, 0.3) is 5.91 Å². The van der Waals surface area contributed by atoms with Gasteiger partial charge in [-0.25, -0.2) is 13.5 Å². The number of hydrogen-bond acceptors (Lipinski definition) is 3. The number of hydrogen-bond donors (Lipinski definition) is 0. The van der Waals surface area contributed by atoms with Crippen molar-refractivity contribution in [1.29, 1.82) is 0 Å². The second-order valence-corrected chi connectivity index (χ2v) is 10.3.